The Balaban J connectivity index is 2.19. The molecule has 1 atom stereocenters. The number of nitrogens with zero attached hydrogens (tertiary/aromatic N) is 3. The Bertz CT molecular complexity index is 945. The number of carbonyl (C=O) groups is 1. The van der Waals surface area contributed by atoms with E-state index >= 15 is 0 Å². The smallest absolute Gasteiger partial charge is 0.367 e. The van der Waals surface area contributed by atoms with E-state index in [-0.39, 0.29) is 22.8 Å². The van der Waals surface area contributed by atoms with Gasteiger partial charge >= 0.3 is 6.18 Å². The van der Waals surface area contributed by atoms with Crippen LogP contribution in [-0.4, -0.2) is 34.5 Å². The Hall–Kier alpha value is -2.39. The van der Waals surface area contributed by atoms with Gasteiger partial charge in [0.15, 0.2) is 5.69 Å². The van der Waals surface area contributed by atoms with E-state index in [2.05, 4.69) is 15.6 Å². The summed E-state index contributed by atoms with van der Waals surface area (Å²) < 4.78 is 67.1. The van der Waals surface area contributed by atoms with Gasteiger partial charge in [-0.2, -0.15) is 13.2 Å². The Morgan fingerprint density at radius 3 is 2.88 bits per heavy atom. The molecular formula is C15H12ClF3N4O2. The first-order chi connectivity index (χ1) is 12.9. The monoisotopic (exact) mass is 375 g/mol. The molecule has 0 saturated heterocycles. The average Bonchev–Trinajstić information content (AvgIpc) is 3.06. The second-order valence-corrected chi connectivity index (χ2v) is 5.69. The van der Waals surface area contributed by atoms with E-state index in [0.717, 1.165) is 10.8 Å². The number of rotatable bonds is 3. The fourth-order valence-corrected chi connectivity index (χ4v) is 2.59. The molecule has 10 heteroatoms. The molecule has 0 bridgehead atoms. The Morgan fingerprint density at radius 1 is 1.48 bits per heavy atom. The highest BCUT2D eigenvalue weighted by molar-refractivity contribution is 6.30. The van der Waals surface area contributed by atoms with E-state index in [9.17, 15) is 18.0 Å². The fraction of sp³-hybridized carbons (Fsp3) is 0.267. The summed E-state index contributed by atoms with van der Waals surface area (Å²) in [5, 5.41) is 9.20. The minimum Gasteiger partial charge on any atom is -0.367 e. The predicted octanol–water partition coefficient (Wildman–Crippen LogP) is 2.47. The fourth-order valence-electron chi connectivity index (χ4n) is 2.42. The van der Waals surface area contributed by atoms with Crippen molar-refractivity contribution >= 4 is 17.5 Å². The number of halogens is 4. The van der Waals surface area contributed by atoms with Crippen molar-refractivity contribution in [3.8, 4) is 5.69 Å². The Kier molecular flexibility index (Phi) is 3.41. The maximum atomic E-state index is 12.9. The number of carbonyl (C=O) groups excluding carboxylic acids is 1. The van der Waals surface area contributed by atoms with Crippen molar-refractivity contribution in [3.63, 3.8) is 0 Å². The van der Waals surface area contributed by atoms with Crippen molar-refractivity contribution in [3.05, 3.63) is 52.8 Å². The minimum atomic E-state index is -4.71. The molecule has 0 aliphatic carbocycles. The number of benzene rings is 1. The zero-order chi connectivity index (χ0) is 20.7. The van der Waals surface area contributed by atoms with Crippen molar-refractivity contribution < 1.29 is 26.8 Å². The van der Waals surface area contributed by atoms with Crippen LogP contribution in [0, 0.1) is 0 Å². The van der Waals surface area contributed by atoms with Gasteiger partial charge in [0.2, 0.25) is 5.91 Å². The summed E-state index contributed by atoms with van der Waals surface area (Å²) in [5.74, 6) is -0.478. The molecule has 3 rings (SSSR count). The molecule has 0 radical (unpaired) electrons. The normalized spacial score (nSPS) is 22.9. The molecule has 1 unspecified atom stereocenters. The summed E-state index contributed by atoms with van der Waals surface area (Å²) in [7, 11) is -2.88. The molecule has 1 aliphatic heterocycles. The van der Waals surface area contributed by atoms with E-state index in [1.165, 1.54) is 24.3 Å². The molecule has 2 aromatic rings. The van der Waals surface area contributed by atoms with E-state index in [0.29, 0.717) is 6.20 Å². The highest BCUT2D eigenvalue weighted by atomic mass is 35.5. The number of nitrogens with one attached hydrogen (secondary N) is 1. The molecule has 1 amide bonds. The SMILES string of the molecule is [2H]C([2H])([2H])OC1(c2cc(Cl)ccc2-n2cc(C(F)(F)F)nn2)C=CC(=O)NC1. The van der Waals surface area contributed by atoms with Gasteiger partial charge in [-0.3, -0.25) is 4.79 Å². The van der Waals surface area contributed by atoms with Crippen LogP contribution in [0.1, 0.15) is 15.4 Å². The summed E-state index contributed by atoms with van der Waals surface area (Å²) in [6.45, 7) is -0.283. The Morgan fingerprint density at radius 2 is 2.28 bits per heavy atom. The molecule has 1 aromatic carbocycles. The third kappa shape index (κ3) is 3.24. The van der Waals surface area contributed by atoms with Crippen LogP contribution in [0.15, 0.2) is 36.5 Å². The van der Waals surface area contributed by atoms with E-state index < -0.39 is 30.4 Å². The summed E-state index contributed by atoms with van der Waals surface area (Å²) in [4.78, 5) is 11.5. The van der Waals surface area contributed by atoms with Crippen molar-refractivity contribution in [2.45, 2.75) is 11.8 Å². The molecule has 6 nitrogen and oxygen atoms in total. The lowest BCUT2D eigenvalue weighted by Gasteiger charge is -2.33. The first-order valence-electron chi connectivity index (χ1n) is 8.37. The highest BCUT2D eigenvalue weighted by Crippen LogP contribution is 2.35. The van der Waals surface area contributed by atoms with Crippen LogP contribution in [0.4, 0.5) is 13.2 Å². The van der Waals surface area contributed by atoms with Gasteiger partial charge in [0.1, 0.15) is 5.60 Å². The number of methoxy groups -OCH3 is 1. The van der Waals surface area contributed by atoms with E-state index in [1.807, 2.05) is 0 Å². The van der Waals surface area contributed by atoms with Gasteiger partial charge in [-0.1, -0.05) is 16.8 Å². The maximum absolute atomic E-state index is 12.9. The zero-order valence-corrected chi connectivity index (χ0v) is 13.1. The van der Waals surface area contributed by atoms with Gasteiger partial charge < -0.3 is 10.1 Å². The van der Waals surface area contributed by atoms with Gasteiger partial charge in [0.25, 0.3) is 0 Å². The average molecular weight is 376 g/mol. The van der Waals surface area contributed by atoms with Gasteiger partial charge in [0.05, 0.1) is 22.5 Å². The third-order valence-electron chi connectivity index (χ3n) is 3.66. The third-order valence-corrected chi connectivity index (χ3v) is 3.89. The van der Waals surface area contributed by atoms with Crippen LogP contribution < -0.4 is 5.32 Å². The maximum Gasteiger partial charge on any atom is 0.436 e. The summed E-state index contributed by atoms with van der Waals surface area (Å²) >= 11 is 6.03. The summed E-state index contributed by atoms with van der Waals surface area (Å²) in [6, 6.07) is 4.07. The number of ether oxygens (including phenoxy) is 1. The van der Waals surface area contributed by atoms with Crippen LogP contribution in [-0.2, 0) is 21.3 Å². The first kappa shape index (κ1) is 13.9. The van der Waals surface area contributed by atoms with Crippen LogP contribution in [0.2, 0.25) is 5.02 Å². The quantitative estimate of drug-likeness (QED) is 0.894. The van der Waals surface area contributed by atoms with Gasteiger partial charge in [0, 0.05) is 23.7 Å². The van der Waals surface area contributed by atoms with Crippen LogP contribution in [0.5, 0.6) is 0 Å². The van der Waals surface area contributed by atoms with Crippen LogP contribution in [0.3, 0.4) is 0 Å². The van der Waals surface area contributed by atoms with Crippen molar-refractivity contribution in [1.82, 2.24) is 20.3 Å². The highest BCUT2D eigenvalue weighted by Gasteiger charge is 2.37. The number of amides is 1. The predicted molar refractivity (Wildman–Crippen MR) is 82.2 cm³/mol. The minimum absolute atomic E-state index is 0.0532. The molecule has 1 aliphatic rings. The van der Waals surface area contributed by atoms with Crippen molar-refractivity contribution in [2.75, 3.05) is 13.6 Å². The molecule has 0 spiro atoms. The van der Waals surface area contributed by atoms with Gasteiger partial charge in [-0.25, -0.2) is 4.68 Å². The standard InChI is InChI=1S/C15H12ClF3N4O2/c1-25-14(5-4-13(24)20-8-14)10-6-9(16)2-3-11(10)23-7-12(21-22-23)15(17,18)19/h2-7H,8H2,1H3,(H,20,24)/i1D3. The molecule has 0 saturated carbocycles. The topological polar surface area (TPSA) is 69.0 Å². The van der Waals surface area contributed by atoms with E-state index in [4.69, 9.17) is 20.5 Å². The summed E-state index contributed by atoms with van der Waals surface area (Å²) in [6.07, 6.45) is -1.77. The molecule has 25 heavy (non-hydrogen) atoms. The number of aromatic nitrogens is 3. The van der Waals surface area contributed by atoms with E-state index in [1.54, 1.807) is 0 Å². The lowest BCUT2D eigenvalue weighted by Crippen LogP contribution is -2.44. The first-order valence-corrected chi connectivity index (χ1v) is 7.25. The Labute approximate surface area is 149 Å². The lowest BCUT2D eigenvalue weighted by molar-refractivity contribution is -0.141. The second kappa shape index (κ2) is 6.16. The van der Waals surface area contributed by atoms with Gasteiger partial charge in [-0.05, 0) is 24.3 Å². The molecule has 0 fully saturated rings. The lowest BCUT2D eigenvalue weighted by atomic mass is 9.89. The number of hydrogen-bond donors (Lipinski definition) is 1. The number of hydrogen-bond acceptors (Lipinski definition) is 4. The molecule has 1 N–H and O–H groups in total. The largest absolute Gasteiger partial charge is 0.436 e. The van der Waals surface area contributed by atoms with Gasteiger partial charge in [-0.15, -0.1) is 5.10 Å². The summed E-state index contributed by atoms with van der Waals surface area (Å²) in [5.41, 5.74) is -2.81. The van der Waals surface area contributed by atoms with Crippen LogP contribution >= 0.6 is 11.6 Å². The molecule has 1 aromatic heterocycles. The van der Waals surface area contributed by atoms with Crippen molar-refractivity contribution in [2.24, 2.45) is 0 Å². The molecule has 2 heterocycles. The molecule has 132 valence electrons. The second-order valence-electron chi connectivity index (χ2n) is 5.25. The van der Waals surface area contributed by atoms with Crippen LogP contribution in [0.25, 0.3) is 5.69 Å². The van der Waals surface area contributed by atoms with Crippen molar-refractivity contribution in [1.29, 1.82) is 0 Å². The number of alkyl halides is 3. The molecular weight excluding hydrogens is 361 g/mol. The zero-order valence-electron chi connectivity index (χ0n) is 15.3.